The monoisotopic (exact) mass is 409 g/mol. The summed E-state index contributed by atoms with van der Waals surface area (Å²) in [6, 6.07) is 11.7. The van der Waals surface area contributed by atoms with E-state index in [0.29, 0.717) is 10.7 Å². The van der Waals surface area contributed by atoms with Crippen LogP contribution in [0.15, 0.2) is 48.0 Å². The predicted octanol–water partition coefficient (Wildman–Crippen LogP) is 5.66. The van der Waals surface area contributed by atoms with Crippen LogP contribution in [0.3, 0.4) is 0 Å². The second kappa shape index (κ2) is 7.73. The van der Waals surface area contributed by atoms with E-state index in [0.717, 1.165) is 16.8 Å². The standard InChI is InChI=1S/C23H21ClFN3O/c1-14-12-23(2,3)28(4)21-11-19(25)15(10-17(14)21)9-16(13-26)22(29)27-20-8-6-5-7-18(20)24/h5-12H,1-4H3,(H,27,29)/b16-9+. The zero-order valence-corrected chi connectivity index (χ0v) is 17.4. The first-order valence-electron chi connectivity index (χ1n) is 9.09. The van der Waals surface area contributed by atoms with Gasteiger partial charge in [-0.1, -0.05) is 29.8 Å². The molecule has 0 atom stereocenters. The van der Waals surface area contributed by atoms with E-state index >= 15 is 0 Å². The third kappa shape index (κ3) is 4.03. The summed E-state index contributed by atoms with van der Waals surface area (Å²) in [5.41, 5.74) is 2.75. The topological polar surface area (TPSA) is 56.1 Å². The molecular formula is C23H21ClFN3O. The molecule has 6 heteroatoms. The van der Waals surface area contributed by atoms with Gasteiger partial charge in [-0.05, 0) is 56.7 Å². The molecule has 0 radical (unpaired) electrons. The van der Waals surface area contributed by atoms with Crippen molar-refractivity contribution in [1.82, 2.24) is 0 Å². The minimum Gasteiger partial charge on any atom is -0.365 e. The number of nitrogens with zero attached hydrogens (tertiary/aromatic N) is 2. The van der Waals surface area contributed by atoms with Crippen LogP contribution in [-0.2, 0) is 4.79 Å². The zero-order valence-electron chi connectivity index (χ0n) is 16.7. The lowest BCUT2D eigenvalue weighted by Gasteiger charge is -2.40. The van der Waals surface area contributed by atoms with E-state index in [1.807, 2.05) is 24.9 Å². The number of allylic oxidation sites excluding steroid dienone is 1. The van der Waals surface area contributed by atoms with Crippen molar-refractivity contribution < 1.29 is 9.18 Å². The number of nitrogens with one attached hydrogen (secondary N) is 1. The summed E-state index contributed by atoms with van der Waals surface area (Å²) >= 11 is 6.05. The quantitative estimate of drug-likeness (QED) is 0.526. The molecule has 4 nitrogen and oxygen atoms in total. The highest BCUT2D eigenvalue weighted by molar-refractivity contribution is 6.34. The molecule has 2 aromatic carbocycles. The van der Waals surface area contributed by atoms with Crippen LogP contribution in [0.4, 0.5) is 15.8 Å². The van der Waals surface area contributed by atoms with Gasteiger partial charge in [-0.25, -0.2) is 4.39 Å². The highest BCUT2D eigenvalue weighted by atomic mass is 35.5. The molecule has 0 aromatic heterocycles. The zero-order chi connectivity index (χ0) is 21.3. The highest BCUT2D eigenvalue weighted by Crippen LogP contribution is 2.39. The van der Waals surface area contributed by atoms with Gasteiger partial charge in [0.1, 0.15) is 17.5 Å². The molecule has 1 N–H and O–H groups in total. The first kappa shape index (κ1) is 20.6. The van der Waals surface area contributed by atoms with Crippen LogP contribution in [-0.4, -0.2) is 18.5 Å². The molecule has 1 amide bonds. The molecule has 0 saturated carbocycles. The van der Waals surface area contributed by atoms with Crippen LogP contribution >= 0.6 is 11.6 Å². The Kier molecular flexibility index (Phi) is 5.50. The fourth-order valence-electron chi connectivity index (χ4n) is 3.35. The summed E-state index contributed by atoms with van der Waals surface area (Å²) < 4.78 is 14.8. The first-order valence-corrected chi connectivity index (χ1v) is 9.46. The van der Waals surface area contributed by atoms with Crippen LogP contribution < -0.4 is 10.2 Å². The molecular weight excluding hydrogens is 389 g/mol. The number of fused-ring (bicyclic) bond motifs is 1. The second-order valence-electron chi connectivity index (χ2n) is 7.53. The van der Waals surface area contributed by atoms with Gasteiger partial charge in [-0.2, -0.15) is 5.26 Å². The summed E-state index contributed by atoms with van der Waals surface area (Å²) in [6.45, 7) is 6.07. The molecule has 3 rings (SSSR count). The van der Waals surface area contributed by atoms with Gasteiger partial charge in [-0.3, -0.25) is 4.79 Å². The Hall–Kier alpha value is -3.10. The molecule has 0 saturated heterocycles. The van der Waals surface area contributed by atoms with Crippen molar-refractivity contribution in [2.75, 3.05) is 17.3 Å². The molecule has 0 fully saturated rings. The lowest BCUT2D eigenvalue weighted by atomic mass is 9.88. The number of hydrogen-bond donors (Lipinski definition) is 1. The normalized spacial score (nSPS) is 15.3. The predicted molar refractivity (Wildman–Crippen MR) is 116 cm³/mol. The van der Waals surface area contributed by atoms with E-state index in [1.165, 1.54) is 12.1 Å². The van der Waals surface area contributed by atoms with Crippen LogP contribution in [0.2, 0.25) is 5.02 Å². The fraction of sp³-hybridized carbons (Fsp3) is 0.217. The van der Waals surface area contributed by atoms with Crippen molar-refractivity contribution >= 4 is 40.5 Å². The van der Waals surface area contributed by atoms with E-state index < -0.39 is 11.7 Å². The lowest BCUT2D eigenvalue weighted by molar-refractivity contribution is -0.112. The number of rotatable bonds is 3. The van der Waals surface area contributed by atoms with Gasteiger partial charge in [0.15, 0.2) is 0 Å². The molecule has 2 aromatic rings. The van der Waals surface area contributed by atoms with Gasteiger partial charge in [0.05, 0.1) is 16.2 Å². The molecule has 1 aliphatic heterocycles. The number of para-hydroxylation sites is 1. The smallest absolute Gasteiger partial charge is 0.266 e. The van der Waals surface area contributed by atoms with E-state index in [-0.39, 0.29) is 16.7 Å². The number of halogens is 2. The van der Waals surface area contributed by atoms with Gasteiger partial charge in [0.2, 0.25) is 0 Å². The fourth-order valence-corrected chi connectivity index (χ4v) is 3.54. The third-order valence-electron chi connectivity index (χ3n) is 5.12. The van der Waals surface area contributed by atoms with Crippen molar-refractivity contribution in [2.24, 2.45) is 0 Å². The van der Waals surface area contributed by atoms with Crippen LogP contribution in [0.1, 0.15) is 31.9 Å². The van der Waals surface area contributed by atoms with E-state index in [2.05, 4.69) is 25.2 Å². The van der Waals surface area contributed by atoms with Gasteiger partial charge in [0, 0.05) is 23.9 Å². The number of carbonyl (C=O) groups is 1. The maximum absolute atomic E-state index is 14.8. The third-order valence-corrected chi connectivity index (χ3v) is 5.45. The van der Waals surface area contributed by atoms with Crippen molar-refractivity contribution in [3.63, 3.8) is 0 Å². The minimum atomic E-state index is -0.650. The average Bonchev–Trinajstić information content (AvgIpc) is 2.66. The summed E-state index contributed by atoms with van der Waals surface area (Å²) in [6.07, 6.45) is 3.37. The Balaban J connectivity index is 1.99. The number of anilines is 2. The Labute approximate surface area is 174 Å². The van der Waals surface area contributed by atoms with Crippen molar-refractivity contribution in [3.05, 3.63) is 70.0 Å². The van der Waals surface area contributed by atoms with Crippen molar-refractivity contribution in [3.8, 4) is 6.07 Å². The largest absolute Gasteiger partial charge is 0.365 e. The SMILES string of the molecule is CC1=CC(C)(C)N(C)c2cc(F)c(/C=C(\C#N)C(=O)Nc3ccccc3Cl)cc21. The van der Waals surface area contributed by atoms with E-state index in [9.17, 15) is 14.4 Å². The number of hydrogen-bond acceptors (Lipinski definition) is 3. The number of carbonyl (C=O) groups excluding carboxylic acids is 1. The van der Waals surface area contributed by atoms with Crippen LogP contribution in [0.5, 0.6) is 0 Å². The van der Waals surface area contributed by atoms with Gasteiger partial charge >= 0.3 is 0 Å². The Bertz CT molecular complexity index is 1100. The summed E-state index contributed by atoms with van der Waals surface area (Å²) in [7, 11) is 1.91. The molecule has 0 spiro atoms. The summed E-state index contributed by atoms with van der Waals surface area (Å²) in [5.74, 6) is -1.15. The molecule has 0 aliphatic carbocycles. The van der Waals surface area contributed by atoms with E-state index in [1.54, 1.807) is 30.3 Å². The molecule has 148 valence electrons. The van der Waals surface area contributed by atoms with Gasteiger partial charge < -0.3 is 10.2 Å². The molecule has 0 unspecified atom stereocenters. The number of nitriles is 1. The van der Waals surface area contributed by atoms with Gasteiger partial charge in [0.25, 0.3) is 5.91 Å². The Morgan fingerprint density at radius 3 is 2.66 bits per heavy atom. The number of amides is 1. The summed E-state index contributed by atoms with van der Waals surface area (Å²) in [5, 5.41) is 12.4. The summed E-state index contributed by atoms with van der Waals surface area (Å²) in [4.78, 5) is 14.5. The van der Waals surface area contributed by atoms with Crippen molar-refractivity contribution in [2.45, 2.75) is 26.3 Å². The number of likely N-dealkylation sites (N-methyl/N-ethyl adjacent to an activating group) is 1. The van der Waals surface area contributed by atoms with Crippen molar-refractivity contribution in [1.29, 1.82) is 5.26 Å². The second-order valence-corrected chi connectivity index (χ2v) is 7.94. The Morgan fingerprint density at radius 1 is 1.31 bits per heavy atom. The first-order chi connectivity index (χ1) is 13.6. The molecule has 0 bridgehead atoms. The maximum atomic E-state index is 14.8. The van der Waals surface area contributed by atoms with Gasteiger partial charge in [-0.15, -0.1) is 0 Å². The highest BCUT2D eigenvalue weighted by Gasteiger charge is 2.29. The molecule has 1 heterocycles. The Morgan fingerprint density at radius 2 is 2.00 bits per heavy atom. The van der Waals surface area contributed by atoms with Crippen LogP contribution in [0.25, 0.3) is 11.6 Å². The number of benzene rings is 2. The minimum absolute atomic E-state index is 0.176. The molecule has 1 aliphatic rings. The lowest BCUT2D eigenvalue weighted by Crippen LogP contribution is -2.42. The average molecular weight is 410 g/mol. The molecule has 29 heavy (non-hydrogen) atoms. The van der Waals surface area contributed by atoms with E-state index in [4.69, 9.17) is 11.6 Å². The van der Waals surface area contributed by atoms with Crippen LogP contribution in [0, 0.1) is 17.1 Å². The maximum Gasteiger partial charge on any atom is 0.266 e.